The molecule has 5 atom stereocenters. The number of anilines is 1. The molecule has 0 radical (unpaired) electrons. The minimum absolute atomic E-state index is 0.0836. The molecule has 8 nitrogen and oxygen atoms in total. The molecule has 2 aromatic rings. The maximum absolute atomic E-state index is 13.1. The Morgan fingerprint density at radius 3 is 2.62 bits per heavy atom. The smallest absolute Gasteiger partial charge is 0.231 e. The molecular weight excluding hydrogens is 474 g/mol. The van der Waals surface area contributed by atoms with Gasteiger partial charge in [-0.15, -0.1) is 11.3 Å². The largest absolute Gasteiger partial charge is 0.396 e. The Morgan fingerprint density at radius 2 is 1.97 bits per heavy atom. The fraction of sp³-hybridized carbons (Fsp3) is 0.583. The summed E-state index contributed by atoms with van der Waals surface area (Å²) in [4.78, 5) is 18.6. The fourth-order valence-corrected chi connectivity index (χ4v) is 7.81. The van der Waals surface area contributed by atoms with E-state index in [1.807, 2.05) is 37.3 Å². The van der Waals surface area contributed by atoms with Gasteiger partial charge in [0, 0.05) is 29.2 Å². The fourth-order valence-electron chi connectivity index (χ4n) is 5.90. The monoisotopic (exact) mass is 507 g/mol. The molecule has 4 N–H and O–H groups in total. The number of aliphatic hydroxyl groups excluding tert-OH is 2. The van der Waals surface area contributed by atoms with Crippen LogP contribution in [0.1, 0.15) is 55.2 Å². The molecule has 0 aliphatic heterocycles. The van der Waals surface area contributed by atoms with Gasteiger partial charge in [0.25, 0.3) is 0 Å². The molecule has 34 heavy (non-hydrogen) atoms. The van der Waals surface area contributed by atoms with Gasteiger partial charge in [-0.25, -0.2) is 13.4 Å². The minimum Gasteiger partial charge on any atom is -0.396 e. The van der Waals surface area contributed by atoms with Crippen LogP contribution >= 0.6 is 11.3 Å². The molecule has 1 saturated carbocycles. The number of carbonyl (C=O) groups excluding carboxylic acids is 1. The van der Waals surface area contributed by atoms with E-state index >= 15 is 0 Å². The molecule has 0 bridgehead atoms. The van der Waals surface area contributed by atoms with E-state index in [1.54, 1.807) is 0 Å². The number of sulfonamides is 1. The lowest BCUT2D eigenvalue weighted by atomic mass is 9.47. The number of benzene rings is 1. The highest BCUT2D eigenvalue weighted by Crippen LogP contribution is 2.62. The lowest BCUT2D eigenvalue weighted by molar-refractivity contribution is -0.144. The Labute approximate surface area is 204 Å². The number of rotatable bonds is 7. The summed E-state index contributed by atoms with van der Waals surface area (Å²) in [6, 6.07) is 9.68. The lowest BCUT2D eigenvalue weighted by Gasteiger charge is -2.58. The number of carbonyl (C=O) groups is 1. The molecule has 186 valence electrons. The number of nitrogens with zero attached hydrogens (tertiary/aromatic N) is 1. The van der Waals surface area contributed by atoms with Crippen molar-refractivity contribution in [3.05, 3.63) is 46.5 Å². The van der Waals surface area contributed by atoms with Crippen molar-refractivity contribution in [2.75, 3.05) is 17.6 Å². The molecule has 5 unspecified atom stereocenters. The summed E-state index contributed by atoms with van der Waals surface area (Å²) in [5, 5.41) is 24.4. The van der Waals surface area contributed by atoms with Crippen LogP contribution in [0.25, 0.3) is 0 Å². The molecule has 2 aliphatic rings. The van der Waals surface area contributed by atoms with Crippen LogP contribution in [0.5, 0.6) is 0 Å². The highest BCUT2D eigenvalue weighted by molar-refractivity contribution is 7.92. The predicted molar refractivity (Wildman–Crippen MR) is 132 cm³/mol. The van der Waals surface area contributed by atoms with Crippen molar-refractivity contribution < 1.29 is 23.4 Å². The van der Waals surface area contributed by atoms with Gasteiger partial charge >= 0.3 is 0 Å². The van der Waals surface area contributed by atoms with Crippen molar-refractivity contribution in [3.63, 3.8) is 0 Å². The molecular formula is C24H33N3O5S2. The molecule has 4 rings (SSSR count). The van der Waals surface area contributed by atoms with Crippen molar-refractivity contribution in [2.45, 2.75) is 58.1 Å². The van der Waals surface area contributed by atoms with E-state index in [9.17, 15) is 23.4 Å². The summed E-state index contributed by atoms with van der Waals surface area (Å²) in [6.07, 6.45) is 2.43. The van der Waals surface area contributed by atoms with E-state index < -0.39 is 21.5 Å². The third-order valence-corrected chi connectivity index (χ3v) is 9.59. The van der Waals surface area contributed by atoms with Crippen molar-refractivity contribution >= 4 is 32.4 Å². The van der Waals surface area contributed by atoms with E-state index in [2.05, 4.69) is 21.9 Å². The average Bonchev–Trinajstić information content (AvgIpc) is 3.17. The standard InChI is InChI=1S/C24H33N3O5S2/c1-23-10-9-19(29)24(2,14-28)18(23)12-17-21(26-22(33-17)27-34(3,31)32)16(23)11-20(30)25-13-15-7-5-4-6-8-15/h4-8,16,18-19,28-29H,9-14H2,1-3H3,(H,25,30)(H,26,27). The lowest BCUT2D eigenvalue weighted by Crippen LogP contribution is -2.57. The molecule has 0 saturated heterocycles. The zero-order valence-electron chi connectivity index (χ0n) is 19.7. The van der Waals surface area contributed by atoms with Crippen LogP contribution in [0.15, 0.2) is 30.3 Å². The van der Waals surface area contributed by atoms with Gasteiger partial charge in [-0.3, -0.25) is 9.52 Å². The zero-order chi connectivity index (χ0) is 24.7. The van der Waals surface area contributed by atoms with Gasteiger partial charge in [0.1, 0.15) is 0 Å². The predicted octanol–water partition coefficient (Wildman–Crippen LogP) is 2.64. The quantitative estimate of drug-likeness (QED) is 0.456. The highest BCUT2D eigenvalue weighted by atomic mass is 32.2. The van der Waals surface area contributed by atoms with E-state index in [0.717, 1.165) is 22.4 Å². The normalized spacial score (nSPS) is 30.8. The second kappa shape index (κ2) is 9.22. The number of nitrogens with one attached hydrogen (secondary N) is 2. The summed E-state index contributed by atoms with van der Waals surface area (Å²) in [5.74, 6) is -0.453. The number of hydrogen-bond donors (Lipinski definition) is 4. The number of aliphatic hydroxyl groups is 2. The first-order valence-electron chi connectivity index (χ1n) is 11.5. The molecule has 1 aromatic heterocycles. The highest BCUT2D eigenvalue weighted by Gasteiger charge is 2.59. The third-order valence-electron chi connectivity index (χ3n) is 7.89. The molecule has 10 heteroatoms. The van der Waals surface area contributed by atoms with Gasteiger partial charge < -0.3 is 15.5 Å². The van der Waals surface area contributed by atoms with Gasteiger partial charge in [-0.1, -0.05) is 44.2 Å². The minimum atomic E-state index is -3.50. The summed E-state index contributed by atoms with van der Waals surface area (Å²) >= 11 is 1.27. The summed E-state index contributed by atoms with van der Waals surface area (Å²) < 4.78 is 26.1. The Kier molecular flexibility index (Phi) is 6.80. The van der Waals surface area contributed by atoms with Gasteiger partial charge in [-0.05, 0) is 36.2 Å². The first kappa shape index (κ1) is 25.1. The third kappa shape index (κ3) is 4.73. The molecule has 0 spiro atoms. The zero-order valence-corrected chi connectivity index (χ0v) is 21.4. The second-order valence-electron chi connectivity index (χ2n) is 10.2. The average molecular weight is 508 g/mol. The Morgan fingerprint density at radius 1 is 1.26 bits per heavy atom. The summed E-state index contributed by atoms with van der Waals surface area (Å²) in [7, 11) is -3.50. The van der Waals surface area contributed by atoms with E-state index in [4.69, 9.17) is 0 Å². The molecule has 1 fully saturated rings. The van der Waals surface area contributed by atoms with E-state index in [0.29, 0.717) is 25.8 Å². The van der Waals surface area contributed by atoms with Crippen LogP contribution in [0.4, 0.5) is 5.13 Å². The summed E-state index contributed by atoms with van der Waals surface area (Å²) in [6.45, 7) is 4.29. The topological polar surface area (TPSA) is 129 Å². The molecule has 1 heterocycles. The number of thiazole rings is 1. The second-order valence-corrected chi connectivity index (χ2v) is 13.0. The van der Waals surface area contributed by atoms with Crippen LogP contribution in [0.3, 0.4) is 0 Å². The molecule has 1 amide bonds. The van der Waals surface area contributed by atoms with Gasteiger partial charge in [0.15, 0.2) is 5.13 Å². The van der Waals surface area contributed by atoms with Crippen LogP contribution in [0.2, 0.25) is 0 Å². The molecule has 1 aromatic carbocycles. The Bertz CT molecular complexity index is 1150. The Balaban J connectivity index is 1.68. The number of hydrogen-bond acceptors (Lipinski definition) is 7. The SMILES string of the molecule is CC1(CO)C(O)CCC2(C)C(CC(=O)NCc3ccccc3)c3nc(NS(C)(=O)=O)sc3CC12. The van der Waals surface area contributed by atoms with E-state index in [1.165, 1.54) is 11.3 Å². The van der Waals surface area contributed by atoms with Crippen LogP contribution in [-0.2, 0) is 27.8 Å². The first-order chi connectivity index (χ1) is 16.0. The maximum atomic E-state index is 13.1. The van der Waals surface area contributed by atoms with Crippen LogP contribution < -0.4 is 10.0 Å². The van der Waals surface area contributed by atoms with Gasteiger partial charge in [-0.2, -0.15) is 0 Å². The van der Waals surface area contributed by atoms with Gasteiger partial charge in [0.2, 0.25) is 15.9 Å². The van der Waals surface area contributed by atoms with Crippen molar-refractivity contribution in [3.8, 4) is 0 Å². The van der Waals surface area contributed by atoms with Gasteiger partial charge in [0.05, 0.1) is 24.7 Å². The first-order valence-corrected chi connectivity index (χ1v) is 14.2. The van der Waals surface area contributed by atoms with Crippen LogP contribution in [-0.4, -0.2) is 48.5 Å². The van der Waals surface area contributed by atoms with Crippen molar-refractivity contribution in [1.82, 2.24) is 10.3 Å². The maximum Gasteiger partial charge on any atom is 0.231 e. The van der Waals surface area contributed by atoms with Crippen molar-refractivity contribution in [1.29, 1.82) is 0 Å². The number of fused-ring (bicyclic) bond motifs is 2. The van der Waals surface area contributed by atoms with Crippen LogP contribution in [0, 0.1) is 16.7 Å². The summed E-state index contributed by atoms with van der Waals surface area (Å²) in [5.41, 5.74) is 0.648. The Hall–Kier alpha value is -2.01. The van der Waals surface area contributed by atoms with E-state index in [-0.39, 0.29) is 41.3 Å². The number of aromatic nitrogens is 1. The molecule has 2 aliphatic carbocycles. The number of amides is 1. The van der Waals surface area contributed by atoms with Crippen molar-refractivity contribution in [2.24, 2.45) is 16.7 Å².